The van der Waals surface area contributed by atoms with Gasteiger partial charge in [-0.05, 0) is 54.9 Å². The minimum absolute atomic E-state index is 0.214. The van der Waals surface area contributed by atoms with Crippen molar-refractivity contribution in [1.29, 1.82) is 0 Å². The summed E-state index contributed by atoms with van der Waals surface area (Å²) < 4.78 is 36.0. The van der Waals surface area contributed by atoms with Gasteiger partial charge in [0.05, 0.1) is 16.6 Å². The first kappa shape index (κ1) is 21.6. The minimum Gasteiger partial charge on any atom is -0.360 e. The predicted molar refractivity (Wildman–Crippen MR) is 112 cm³/mol. The van der Waals surface area contributed by atoms with Crippen molar-refractivity contribution in [2.45, 2.75) is 63.6 Å². The molecule has 6 nitrogen and oxygen atoms in total. The van der Waals surface area contributed by atoms with Gasteiger partial charge in [-0.3, -0.25) is 0 Å². The van der Waals surface area contributed by atoms with E-state index in [-0.39, 0.29) is 4.90 Å². The Bertz CT molecular complexity index is 883. The highest BCUT2D eigenvalue weighted by Gasteiger charge is 2.23. The third-order valence-electron chi connectivity index (χ3n) is 3.62. The number of benzene rings is 1. The number of ether oxygens (including phenoxy) is 1. The van der Waals surface area contributed by atoms with E-state index in [9.17, 15) is 8.42 Å². The highest BCUT2D eigenvalue weighted by atomic mass is 79.9. The Morgan fingerprint density at radius 1 is 1.27 bits per heavy atom. The highest BCUT2D eigenvalue weighted by molar-refractivity contribution is 9.10. The molecule has 1 N–H and O–H groups in total. The van der Waals surface area contributed by atoms with Gasteiger partial charge >= 0.3 is 0 Å². The lowest BCUT2D eigenvalue weighted by molar-refractivity contribution is 0.0816. The van der Waals surface area contributed by atoms with Gasteiger partial charge in [-0.25, -0.2) is 17.8 Å². The molecule has 0 radical (unpaired) electrons. The van der Waals surface area contributed by atoms with E-state index in [4.69, 9.17) is 4.74 Å². The maximum absolute atomic E-state index is 12.6. The van der Waals surface area contributed by atoms with Crippen LogP contribution >= 0.6 is 15.9 Å². The van der Waals surface area contributed by atoms with Gasteiger partial charge in [0.2, 0.25) is 10.0 Å². The van der Waals surface area contributed by atoms with Gasteiger partial charge in [0, 0.05) is 30.1 Å². The van der Waals surface area contributed by atoms with Crippen molar-refractivity contribution in [3.63, 3.8) is 0 Å². The van der Waals surface area contributed by atoms with Crippen LogP contribution in [0.3, 0.4) is 0 Å². The van der Waals surface area contributed by atoms with Gasteiger partial charge in [0.15, 0.2) is 0 Å². The smallest absolute Gasteiger partial charge is 0.241 e. The summed E-state index contributed by atoms with van der Waals surface area (Å²) in [6.45, 7) is 13.4. The van der Waals surface area contributed by atoms with Gasteiger partial charge in [-0.15, -0.1) is 0 Å². The zero-order valence-electron chi connectivity index (χ0n) is 16.3. The Morgan fingerprint density at radius 2 is 1.92 bits per heavy atom. The third kappa shape index (κ3) is 5.88. The number of aromatic nitrogens is 2. The maximum Gasteiger partial charge on any atom is 0.241 e. The number of hydrogen-bond donors (Lipinski definition) is 1. The Labute approximate surface area is 165 Å². The van der Waals surface area contributed by atoms with Crippen LogP contribution in [0.1, 0.15) is 20.8 Å². The molecule has 146 valence electrons. The molecular formula is C17H28BrN3O3SSi. The summed E-state index contributed by atoms with van der Waals surface area (Å²) in [7, 11) is -4.73. The molecule has 0 amide bonds. The van der Waals surface area contributed by atoms with Gasteiger partial charge in [0.25, 0.3) is 0 Å². The first-order chi connectivity index (χ1) is 11.8. The van der Waals surface area contributed by atoms with Crippen LogP contribution in [0, 0.1) is 0 Å². The monoisotopic (exact) mass is 461 g/mol. The lowest BCUT2D eigenvalue weighted by Crippen LogP contribution is -2.40. The van der Waals surface area contributed by atoms with Gasteiger partial charge in [-0.1, -0.05) is 19.6 Å². The van der Waals surface area contributed by atoms with E-state index in [1.165, 1.54) is 0 Å². The van der Waals surface area contributed by atoms with Crippen LogP contribution in [-0.4, -0.2) is 38.4 Å². The molecule has 1 aromatic carbocycles. The summed E-state index contributed by atoms with van der Waals surface area (Å²) >= 11 is 3.49. The number of halogens is 1. The topological polar surface area (TPSA) is 73.2 Å². The molecule has 0 saturated heterocycles. The number of sulfonamides is 1. The molecular weight excluding hydrogens is 434 g/mol. The summed E-state index contributed by atoms with van der Waals surface area (Å²) in [5.41, 5.74) is 0.280. The summed E-state index contributed by atoms with van der Waals surface area (Å²) in [6, 6.07) is 4.34. The quantitative estimate of drug-likeness (QED) is 0.495. The van der Waals surface area contributed by atoms with Crippen LogP contribution in [-0.2, 0) is 21.5 Å². The number of fused-ring (bicyclic) bond motifs is 1. The molecule has 0 aliphatic heterocycles. The molecule has 1 heterocycles. The first-order valence-electron chi connectivity index (χ1n) is 8.55. The molecule has 0 atom stereocenters. The van der Waals surface area contributed by atoms with Crippen LogP contribution in [0.25, 0.3) is 10.9 Å². The lowest BCUT2D eigenvalue weighted by Gasteiger charge is -2.20. The van der Waals surface area contributed by atoms with Crippen molar-refractivity contribution in [2.24, 2.45) is 0 Å². The van der Waals surface area contributed by atoms with Crippen LogP contribution in [0.2, 0.25) is 25.7 Å². The first-order valence-corrected chi connectivity index (χ1v) is 14.5. The summed E-state index contributed by atoms with van der Waals surface area (Å²) in [5, 5.41) is 5.10. The van der Waals surface area contributed by atoms with Crippen molar-refractivity contribution >= 4 is 44.9 Å². The van der Waals surface area contributed by atoms with Crippen LogP contribution in [0.5, 0.6) is 0 Å². The zero-order chi connectivity index (χ0) is 19.8. The summed E-state index contributed by atoms with van der Waals surface area (Å²) in [5.74, 6) is 0. The average Bonchev–Trinajstić information content (AvgIpc) is 2.83. The Hall–Kier alpha value is -0.743. The Kier molecular flexibility index (Phi) is 6.39. The molecule has 0 fully saturated rings. The average molecular weight is 462 g/mol. The fourth-order valence-corrected chi connectivity index (χ4v) is 5.47. The predicted octanol–water partition coefficient (Wildman–Crippen LogP) is 4.19. The van der Waals surface area contributed by atoms with Gasteiger partial charge < -0.3 is 4.74 Å². The van der Waals surface area contributed by atoms with Gasteiger partial charge in [-0.2, -0.15) is 5.10 Å². The van der Waals surface area contributed by atoms with E-state index in [2.05, 4.69) is 45.4 Å². The van der Waals surface area contributed by atoms with E-state index in [0.717, 1.165) is 16.9 Å². The van der Waals surface area contributed by atoms with E-state index in [1.54, 1.807) is 23.0 Å². The molecule has 9 heteroatoms. The fraction of sp³-hybridized carbons (Fsp3) is 0.588. The maximum atomic E-state index is 12.6. The molecule has 0 aliphatic carbocycles. The molecule has 1 aromatic heterocycles. The van der Waals surface area contributed by atoms with Crippen molar-refractivity contribution < 1.29 is 13.2 Å². The molecule has 0 spiro atoms. The van der Waals surface area contributed by atoms with E-state index in [0.29, 0.717) is 17.8 Å². The highest BCUT2D eigenvalue weighted by Crippen LogP contribution is 2.28. The Morgan fingerprint density at radius 3 is 2.50 bits per heavy atom. The van der Waals surface area contributed by atoms with Crippen molar-refractivity contribution in [1.82, 2.24) is 14.5 Å². The van der Waals surface area contributed by atoms with Crippen molar-refractivity contribution in [3.8, 4) is 0 Å². The van der Waals surface area contributed by atoms with Crippen LogP contribution in [0.15, 0.2) is 27.7 Å². The van der Waals surface area contributed by atoms with Crippen LogP contribution in [0.4, 0.5) is 0 Å². The van der Waals surface area contributed by atoms with E-state index in [1.807, 2.05) is 20.8 Å². The van der Waals surface area contributed by atoms with Crippen LogP contribution < -0.4 is 4.72 Å². The summed E-state index contributed by atoms with van der Waals surface area (Å²) in [6.07, 6.45) is 1.66. The standard InChI is InChI=1S/C17H28BrN3O3SSi/c1-17(2,3)20-25(22,23)14-9-13-11-19-21(16(13)15(18)10-14)12-24-7-8-26(4,5)6/h9-11,20H,7-8,12H2,1-6H3. The molecule has 0 aliphatic rings. The number of nitrogens with zero attached hydrogens (tertiary/aromatic N) is 2. The molecule has 0 saturated carbocycles. The fourth-order valence-electron chi connectivity index (χ4n) is 2.40. The third-order valence-corrected chi connectivity index (χ3v) is 7.67. The second-order valence-electron chi connectivity index (χ2n) is 8.69. The van der Waals surface area contributed by atoms with Crippen molar-refractivity contribution in [3.05, 3.63) is 22.8 Å². The minimum atomic E-state index is -3.60. The summed E-state index contributed by atoms with van der Waals surface area (Å²) in [4.78, 5) is 0.214. The van der Waals surface area contributed by atoms with Gasteiger partial charge in [0.1, 0.15) is 6.73 Å². The molecule has 0 bridgehead atoms. The number of hydrogen-bond acceptors (Lipinski definition) is 4. The zero-order valence-corrected chi connectivity index (χ0v) is 19.7. The molecule has 0 unspecified atom stereocenters. The van der Waals surface area contributed by atoms with E-state index < -0.39 is 23.6 Å². The lowest BCUT2D eigenvalue weighted by atomic mass is 10.1. The second kappa shape index (κ2) is 7.71. The second-order valence-corrected chi connectivity index (χ2v) is 16.8. The molecule has 26 heavy (non-hydrogen) atoms. The number of rotatable bonds is 7. The number of nitrogens with one attached hydrogen (secondary N) is 1. The molecule has 2 aromatic rings. The molecule has 2 rings (SSSR count). The largest absolute Gasteiger partial charge is 0.360 e. The SMILES string of the molecule is CC(C)(C)NS(=O)(=O)c1cc(Br)c2c(cnn2COCC[Si](C)(C)C)c1. The van der Waals surface area contributed by atoms with Crippen molar-refractivity contribution in [2.75, 3.05) is 6.61 Å². The Balaban J connectivity index is 2.23. The normalized spacial score (nSPS) is 13.5. The van der Waals surface area contributed by atoms with E-state index >= 15 is 0 Å².